The van der Waals surface area contributed by atoms with Gasteiger partial charge >= 0.3 is 0 Å². The first kappa shape index (κ1) is 12.2. The van der Waals surface area contributed by atoms with Crippen molar-refractivity contribution < 1.29 is 0 Å². The van der Waals surface area contributed by atoms with E-state index in [9.17, 15) is 0 Å². The van der Waals surface area contributed by atoms with Crippen LogP contribution in [0.3, 0.4) is 0 Å². The molecule has 0 spiro atoms. The first-order valence-electron chi connectivity index (χ1n) is 6.70. The Morgan fingerprint density at radius 3 is 3.00 bits per heavy atom. The van der Waals surface area contributed by atoms with Crippen molar-refractivity contribution >= 4 is 23.1 Å². The maximum absolute atomic E-state index is 4.51. The van der Waals surface area contributed by atoms with Crippen LogP contribution < -0.4 is 0 Å². The zero-order valence-corrected chi connectivity index (χ0v) is 12.5. The van der Waals surface area contributed by atoms with E-state index >= 15 is 0 Å². The summed E-state index contributed by atoms with van der Waals surface area (Å²) in [5.74, 6) is 1.09. The van der Waals surface area contributed by atoms with Crippen LogP contribution >= 0.6 is 23.1 Å². The largest absolute Gasteiger partial charge is 0.329 e. The molecule has 2 nitrogen and oxygen atoms in total. The van der Waals surface area contributed by atoms with Crippen molar-refractivity contribution in [1.29, 1.82) is 0 Å². The van der Waals surface area contributed by atoms with Crippen LogP contribution in [-0.2, 0) is 13.0 Å². The number of aromatic nitrogens is 2. The summed E-state index contributed by atoms with van der Waals surface area (Å²) >= 11 is 3.75. The van der Waals surface area contributed by atoms with Gasteiger partial charge in [-0.2, -0.15) is 0 Å². The molecule has 20 heavy (non-hydrogen) atoms. The number of thioether (sulfide) groups is 1. The Morgan fingerprint density at radius 1 is 1.20 bits per heavy atom. The van der Waals surface area contributed by atoms with E-state index < -0.39 is 0 Å². The van der Waals surface area contributed by atoms with E-state index in [4.69, 9.17) is 0 Å². The Hall–Kier alpha value is -1.52. The molecule has 1 atom stereocenters. The van der Waals surface area contributed by atoms with Crippen molar-refractivity contribution in [3.05, 3.63) is 59.7 Å². The molecule has 100 valence electrons. The molecule has 0 N–H and O–H groups in total. The van der Waals surface area contributed by atoms with Crippen LogP contribution in [0.5, 0.6) is 0 Å². The number of thiophene rings is 1. The van der Waals surface area contributed by atoms with Gasteiger partial charge in [-0.3, -0.25) is 0 Å². The van der Waals surface area contributed by atoms with E-state index in [0.717, 1.165) is 18.8 Å². The molecular formula is C16H14N2S2. The molecule has 0 radical (unpaired) electrons. The highest BCUT2D eigenvalue weighted by atomic mass is 32.2. The van der Waals surface area contributed by atoms with Crippen molar-refractivity contribution in [3.63, 3.8) is 0 Å². The van der Waals surface area contributed by atoms with Crippen molar-refractivity contribution in [2.45, 2.75) is 23.1 Å². The number of fused-ring (bicyclic) bond motifs is 1. The lowest BCUT2D eigenvalue weighted by Crippen LogP contribution is -2.12. The van der Waals surface area contributed by atoms with E-state index in [1.807, 2.05) is 18.0 Å². The van der Waals surface area contributed by atoms with Crippen LogP contribution in [0.1, 0.15) is 5.56 Å². The third-order valence-corrected chi connectivity index (χ3v) is 5.74. The fourth-order valence-electron chi connectivity index (χ4n) is 2.66. The van der Waals surface area contributed by atoms with Crippen LogP contribution in [0, 0.1) is 0 Å². The smallest absolute Gasteiger partial charge is 0.150 e. The van der Waals surface area contributed by atoms with Gasteiger partial charge < -0.3 is 4.57 Å². The SMILES string of the molecule is c1csc(-c2nccn2CC2Cc3ccccc3S2)c1. The molecule has 2 aromatic heterocycles. The normalized spacial score (nSPS) is 17.3. The fraction of sp³-hybridized carbons (Fsp3) is 0.188. The number of hydrogen-bond donors (Lipinski definition) is 0. The summed E-state index contributed by atoms with van der Waals surface area (Å²) in [6.07, 6.45) is 5.16. The summed E-state index contributed by atoms with van der Waals surface area (Å²) in [5.41, 5.74) is 1.49. The van der Waals surface area contributed by atoms with Gasteiger partial charge in [-0.15, -0.1) is 23.1 Å². The van der Waals surface area contributed by atoms with Crippen LogP contribution in [-0.4, -0.2) is 14.8 Å². The van der Waals surface area contributed by atoms with Crippen molar-refractivity contribution in [2.75, 3.05) is 0 Å². The predicted octanol–water partition coefficient (Wildman–Crippen LogP) is 4.33. The molecule has 4 heteroatoms. The first-order chi connectivity index (χ1) is 9.90. The third-order valence-electron chi connectivity index (χ3n) is 3.57. The Morgan fingerprint density at radius 2 is 2.15 bits per heavy atom. The van der Waals surface area contributed by atoms with E-state index in [2.05, 4.69) is 57.5 Å². The molecule has 0 bridgehead atoms. The Kier molecular flexibility index (Phi) is 3.13. The lowest BCUT2D eigenvalue weighted by molar-refractivity contribution is 0.670. The minimum Gasteiger partial charge on any atom is -0.329 e. The lowest BCUT2D eigenvalue weighted by Gasteiger charge is -2.11. The van der Waals surface area contributed by atoms with Crippen molar-refractivity contribution in [1.82, 2.24) is 9.55 Å². The molecule has 3 heterocycles. The number of benzene rings is 1. The average Bonchev–Trinajstić information content (AvgIpc) is 3.18. The van der Waals surface area contributed by atoms with E-state index in [1.165, 1.54) is 15.3 Å². The summed E-state index contributed by atoms with van der Waals surface area (Å²) in [6.45, 7) is 1.02. The minimum atomic E-state index is 0.611. The monoisotopic (exact) mass is 298 g/mol. The van der Waals surface area contributed by atoms with Gasteiger partial charge in [0.05, 0.1) is 4.88 Å². The highest BCUT2D eigenvalue weighted by Gasteiger charge is 2.23. The lowest BCUT2D eigenvalue weighted by atomic mass is 10.1. The van der Waals surface area contributed by atoms with Crippen LogP contribution in [0.25, 0.3) is 10.7 Å². The van der Waals surface area contributed by atoms with E-state index in [0.29, 0.717) is 5.25 Å². The van der Waals surface area contributed by atoms with E-state index in [1.54, 1.807) is 11.3 Å². The summed E-state index contributed by atoms with van der Waals surface area (Å²) in [4.78, 5) is 7.20. The topological polar surface area (TPSA) is 17.8 Å². The maximum atomic E-state index is 4.51. The molecule has 3 aromatic rings. The Labute approximate surface area is 126 Å². The summed E-state index contributed by atoms with van der Waals surface area (Å²) < 4.78 is 2.29. The molecule has 0 amide bonds. The highest BCUT2D eigenvalue weighted by molar-refractivity contribution is 8.00. The number of nitrogens with zero attached hydrogens (tertiary/aromatic N) is 2. The predicted molar refractivity (Wildman–Crippen MR) is 85.3 cm³/mol. The average molecular weight is 298 g/mol. The van der Waals surface area contributed by atoms with Crippen molar-refractivity contribution in [3.8, 4) is 10.7 Å². The minimum absolute atomic E-state index is 0.611. The molecule has 1 aliphatic rings. The summed E-state index contributed by atoms with van der Waals surface area (Å²) in [5, 5.41) is 2.72. The molecule has 0 saturated carbocycles. The maximum Gasteiger partial charge on any atom is 0.150 e. The van der Waals surface area contributed by atoms with Gasteiger partial charge in [0.15, 0.2) is 0 Å². The number of hydrogen-bond acceptors (Lipinski definition) is 3. The van der Waals surface area contributed by atoms with Gasteiger partial charge in [-0.1, -0.05) is 24.3 Å². The quantitative estimate of drug-likeness (QED) is 0.716. The second-order valence-electron chi connectivity index (χ2n) is 4.93. The molecule has 1 aromatic carbocycles. The van der Waals surface area contributed by atoms with Gasteiger partial charge in [-0.05, 0) is 29.5 Å². The second-order valence-corrected chi connectivity index (χ2v) is 7.22. The van der Waals surface area contributed by atoms with Gasteiger partial charge in [0, 0.05) is 29.1 Å². The molecule has 4 rings (SSSR count). The van der Waals surface area contributed by atoms with Crippen LogP contribution in [0.2, 0.25) is 0 Å². The molecule has 1 aliphatic heterocycles. The highest BCUT2D eigenvalue weighted by Crippen LogP contribution is 2.38. The summed E-state index contributed by atoms with van der Waals surface area (Å²) in [7, 11) is 0. The van der Waals surface area contributed by atoms with Gasteiger partial charge in [0.25, 0.3) is 0 Å². The van der Waals surface area contributed by atoms with Crippen LogP contribution in [0.15, 0.2) is 59.1 Å². The number of rotatable bonds is 3. The van der Waals surface area contributed by atoms with Crippen molar-refractivity contribution in [2.24, 2.45) is 0 Å². The zero-order chi connectivity index (χ0) is 13.4. The Bertz CT molecular complexity index is 691. The molecule has 1 unspecified atom stereocenters. The van der Waals surface area contributed by atoms with Gasteiger partial charge in [-0.25, -0.2) is 4.98 Å². The van der Waals surface area contributed by atoms with Crippen LogP contribution in [0.4, 0.5) is 0 Å². The molecule has 0 aliphatic carbocycles. The van der Waals surface area contributed by atoms with Gasteiger partial charge in [0.1, 0.15) is 5.82 Å². The molecule has 0 saturated heterocycles. The molecule has 0 fully saturated rings. The first-order valence-corrected chi connectivity index (χ1v) is 8.45. The molecular weight excluding hydrogens is 284 g/mol. The summed E-state index contributed by atoms with van der Waals surface area (Å²) in [6, 6.07) is 13.0. The fourth-order valence-corrected chi connectivity index (χ4v) is 4.72. The van der Waals surface area contributed by atoms with Gasteiger partial charge in [0.2, 0.25) is 0 Å². The number of imidazole rings is 1. The van der Waals surface area contributed by atoms with E-state index in [-0.39, 0.29) is 0 Å². The second kappa shape index (κ2) is 5.11. The zero-order valence-electron chi connectivity index (χ0n) is 10.9. The standard InChI is InChI=1S/C16H14N2S2/c1-2-5-14-12(4-1)10-13(20-14)11-18-8-7-17-16(18)15-6-3-9-19-15/h1-9,13H,10-11H2. The third kappa shape index (κ3) is 2.19. The Balaban J connectivity index is 1.56.